The van der Waals surface area contributed by atoms with Crippen LogP contribution in [-0.4, -0.2) is 48.9 Å². The molecule has 1 aromatic heterocycles. The van der Waals surface area contributed by atoms with E-state index in [1.165, 1.54) is 25.1 Å². The van der Waals surface area contributed by atoms with Crippen LogP contribution in [-0.2, 0) is 20.1 Å². The molecule has 0 unspecified atom stereocenters. The Labute approximate surface area is 202 Å². The molecule has 35 heavy (non-hydrogen) atoms. The molecule has 0 spiro atoms. The highest BCUT2D eigenvalue weighted by molar-refractivity contribution is 7.93. The zero-order valence-electron chi connectivity index (χ0n) is 19.6. The van der Waals surface area contributed by atoms with Crippen LogP contribution in [0.5, 0.6) is 0 Å². The van der Waals surface area contributed by atoms with Gasteiger partial charge in [0, 0.05) is 24.5 Å². The molecule has 1 saturated heterocycles. The number of rotatable bonds is 5. The number of aromatic nitrogens is 1. The van der Waals surface area contributed by atoms with Crippen molar-refractivity contribution in [1.82, 2.24) is 4.98 Å². The second kappa shape index (κ2) is 9.27. The summed E-state index contributed by atoms with van der Waals surface area (Å²) in [7, 11) is -3.82. The van der Waals surface area contributed by atoms with E-state index in [-0.39, 0.29) is 28.7 Å². The Morgan fingerprint density at radius 1 is 1.20 bits per heavy atom. The minimum atomic E-state index is -3.82. The van der Waals surface area contributed by atoms with Crippen LogP contribution >= 0.6 is 0 Å². The van der Waals surface area contributed by atoms with E-state index in [9.17, 15) is 22.0 Å². The van der Waals surface area contributed by atoms with E-state index in [1.807, 2.05) is 0 Å². The van der Waals surface area contributed by atoms with E-state index >= 15 is 0 Å². The van der Waals surface area contributed by atoms with Gasteiger partial charge in [-0.2, -0.15) is 0 Å². The highest BCUT2D eigenvalue weighted by atomic mass is 32.2. The predicted molar refractivity (Wildman–Crippen MR) is 128 cm³/mol. The van der Waals surface area contributed by atoms with Crippen LogP contribution in [0.3, 0.4) is 0 Å². The quantitative estimate of drug-likeness (QED) is 0.642. The molecule has 3 N–H and O–H groups in total. The highest BCUT2D eigenvalue weighted by Gasteiger charge is 2.53. The van der Waals surface area contributed by atoms with E-state index in [1.54, 1.807) is 6.92 Å². The van der Waals surface area contributed by atoms with Gasteiger partial charge in [-0.3, -0.25) is 9.79 Å². The van der Waals surface area contributed by atoms with Gasteiger partial charge in [-0.25, -0.2) is 22.2 Å². The first-order valence-electron chi connectivity index (χ1n) is 11.3. The third kappa shape index (κ3) is 4.92. The second-order valence-electron chi connectivity index (χ2n) is 9.53. The molecule has 4 rings (SSSR count). The lowest BCUT2D eigenvalue weighted by molar-refractivity contribution is 0.0625. The molecule has 188 valence electrons. The van der Waals surface area contributed by atoms with E-state index in [2.05, 4.69) is 15.3 Å². The van der Waals surface area contributed by atoms with Crippen LogP contribution in [0.25, 0.3) is 0 Å². The summed E-state index contributed by atoms with van der Waals surface area (Å²) in [6, 6.07) is 6.12. The molecular formula is C24H28F2N4O4S. The van der Waals surface area contributed by atoms with Crippen LogP contribution in [0.4, 0.5) is 14.5 Å². The summed E-state index contributed by atoms with van der Waals surface area (Å²) >= 11 is 0. The van der Waals surface area contributed by atoms with Crippen molar-refractivity contribution in [1.29, 1.82) is 0 Å². The molecular weight excluding hydrogens is 478 g/mol. The summed E-state index contributed by atoms with van der Waals surface area (Å²) in [6.07, 6.45) is 2.73. The fourth-order valence-electron chi connectivity index (χ4n) is 4.70. The summed E-state index contributed by atoms with van der Waals surface area (Å²) < 4.78 is 59.2. The van der Waals surface area contributed by atoms with Gasteiger partial charge in [0.1, 0.15) is 33.4 Å². The lowest BCUT2D eigenvalue weighted by atomic mass is 9.87. The number of sulfone groups is 1. The van der Waals surface area contributed by atoms with Crippen LogP contribution < -0.4 is 11.1 Å². The smallest absolute Gasteiger partial charge is 0.274 e. The fourth-order valence-corrected chi connectivity index (χ4v) is 6.83. The number of carbonyl (C=O) groups is 1. The summed E-state index contributed by atoms with van der Waals surface area (Å²) in [5.74, 6) is -2.24. The third-order valence-electron chi connectivity index (χ3n) is 6.85. The van der Waals surface area contributed by atoms with Crippen molar-refractivity contribution in [2.45, 2.75) is 43.4 Å². The molecule has 2 aromatic rings. The zero-order chi connectivity index (χ0) is 25.4. The van der Waals surface area contributed by atoms with Crippen LogP contribution in [0.1, 0.15) is 49.2 Å². The number of hydrogen-bond donors (Lipinski definition) is 2. The van der Waals surface area contributed by atoms with Crippen LogP contribution in [0.2, 0.25) is 0 Å². The number of nitrogens with two attached hydrogens (primary N) is 1. The maximum absolute atomic E-state index is 15.0. The first kappa shape index (κ1) is 25.2. The van der Waals surface area contributed by atoms with Crippen molar-refractivity contribution in [3.05, 3.63) is 59.4 Å². The number of pyridine rings is 1. The second-order valence-corrected chi connectivity index (χ2v) is 12.0. The summed E-state index contributed by atoms with van der Waals surface area (Å²) in [5, 5.41) is 2.57. The number of aliphatic imine (C=N–C) groups is 1. The zero-order valence-corrected chi connectivity index (χ0v) is 20.4. The summed E-state index contributed by atoms with van der Waals surface area (Å²) in [5.41, 5.74) is 4.96. The van der Waals surface area contributed by atoms with Crippen molar-refractivity contribution < 1.29 is 26.7 Å². The standard InChI is InChI=1S/C24H28F2N4O4S/c1-23(14-35(32,33)24(2,22(27)30-23)12-15-7-9-34-10-8-15)18-11-17(4-5-19(18)26)29-21(31)20-6-3-16(25)13-28-20/h3-6,11,13,15H,7-10,12,14H2,1-2H3,(H2,27,30)(H,29,31)/t23-,24-/m0/s1. The van der Waals surface area contributed by atoms with Gasteiger partial charge >= 0.3 is 0 Å². The van der Waals surface area contributed by atoms with Gasteiger partial charge in [-0.15, -0.1) is 0 Å². The average Bonchev–Trinajstić information content (AvgIpc) is 2.80. The number of carbonyl (C=O) groups excluding carboxylic acids is 1. The minimum absolute atomic E-state index is 0.0120. The van der Waals surface area contributed by atoms with Crippen molar-refractivity contribution in [2.24, 2.45) is 16.6 Å². The monoisotopic (exact) mass is 506 g/mol. The largest absolute Gasteiger partial charge is 0.386 e. The van der Waals surface area contributed by atoms with E-state index in [0.717, 1.165) is 31.2 Å². The number of amides is 1. The normalized spacial score (nSPS) is 26.7. The summed E-state index contributed by atoms with van der Waals surface area (Å²) in [4.78, 5) is 20.7. The lowest BCUT2D eigenvalue weighted by Crippen LogP contribution is -2.57. The SMILES string of the molecule is C[C@]1(CC2CCOCC2)C(N)=N[C@](C)(c2cc(NC(=O)c3ccc(F)cn3)ccc2F)CS1(=O)=O. The predicted octanol–water partition coefficient (Wildman–Crippen LogP) is 3.19. The van der Waals surface area contributed by atoms with E-state index in [0.29, 0.717) is 19.6 Å². The Bertz CT molecular complexity index is 1260. The van der Waals surface area contributed by atoms with E-state index < -0.39 is 43.4 Å². The van der Waals surface area contributed by atoms with Gasteiger partial charge in [-0.05, 0) is 69.4 Å². The van der Waals surface area contributed by atoms with Crippen molar-refractivity contribution in [2.75, 3.05) is 24.3 Å². The van der Waals surface area contributed by atoms with Gasteiger partial charge < -0.3 is 15.8 Å². The fraction of sp³-hybridized carbons (Fsp3) is 0.458. The Kier molecular flexibility index (Phi) is 6.67. The van der Waals surface area contributed by atoms with Crippen LogP contribution in [0, 0.1) is 17.6 Å². The number of nitrogens with zero attached hydrogens (tertiary/aromatic N) is 2. The number of ether oxygens (including phenoxy) is 1. The van der Waals surface area contributed by atoms with Crippen molar-refractivity contribution >= 4 is 27.3 Å². The number of benzene rings is 1. The Balaban J connectivity index is 1.64. The lowest BCUT2D eigenvalue weighted by Gasteiger charge is -2.41. The number of nitrogens with one attached hydrogen (secondary N) is 1. The number of hydrogen-bond acceptors (Lipinski definition) is 7. The third-order valence-corrected chi connectivity index (χ3v) is 9.54. The van der Waals surface area contributed by atoms with Gasteiger partial charge in [0.15, 0.2) is 9.84 Å². The molecule has 1 amide bonds. The Hall–Kier alpha value is -2.92. The highest BCUT2D eigenvalue weighted by Crippen LogP contribution is 2.42. The number of halogens is 2. The molecule has 0 saturated carbocycles. The summed E-state index contributed by atoms with van der Waals surface area (Å²) in [6.45, 7) is 4.25. The first-order valence-corrected chi connectivity index (χ1v) is 13.0. The Morgan fingerprint density at radius 2 is 1.91 bits per heavy atom. The molecule has 11 heteroatoms. The van der Waals surface area contributed by atoms with Gasteiger partial charge in [0.25, 0.3) is 5.91 Å². The number of anilines is 1. The maximum atomic E-state index is 15.0. The van der Waals surface area contributed by atoms with Crippen molar-refractivity contribution in [3.8, 4) is 0 Å². The molecule has 0 radical (unpaired) electrons. The van der Waals surface area contributed by atoms with Gasteiger partial charge in [0.05, 0.1) is 11.9 Å². The molecule has 2 aliphatic heterocycles. The van der Waals surface area contributed by atoms with Gasteiger partial charge in [-0.1, -0.05) is 0 Å². The first-order chi connectivity index (χ1) is 16.4. The molecule has 1 fully saturated rings. The minimum Gasteiger partial charge on any atom is -0.386 e. The van der Waals surface area contributed by atoms with Crippen LogP contribution in [0.15, 0.2) is 41.5 Å². The number of amidine groups is 1. The molecule has 8 nitrogen and oxygen atoms in total. The topological polar surface area (TPSA) is 124 Å². The molecule has 2 atom stereocenters. The van der Waals surface area contributed by atoms with E-state index in [4.69, 9.17) is 10.5 Å². The van der Waals surface area contributed by atoms with Crippen molar-refractivity contribution in [3.63, 3.8) is 0 Å². The molecule has 2 aliphatic rings. The maximum Gasteiger partial charge on any atom is 0.274 e. The van der Waals surface area contributed by atoms with Gasteiger partial charge in [0.2, 0.25) is 0 Å². The molecule has 0 bridgehead atoms. The molecule has 0 aliphatic carbocycles. The molecule has 3 heterocycles. The Morgan fingerprint density at radius 3 is 2.54 bits per heavy atom. The molecule has 1 aromatic carbocycles. The average molecular weight is 507 g/mol.